The summed E-state index contributed by atoms with van der Waals surface area (Å²) in [4.78, 5) is 43.3. The lowest BCUT2D eigenvalue weighted by Gasteiger charge is -2.31. The van der Waals surface area contributed by atoms with Crippen molar-refractivity contribution >= 4 is 28.8 Å². The predicted molar refractivity (Wildman–Crippen MR) is 124 cm³/mol. The van der Waals surface area contributed by atoms with E-state index in [4.69, 9.17) is 5.10 Å². The van der Waals surface area contributed by atoms with Crippen LogP contribution in [0.3, 0.4) is 0 Å². The highest BCUT2D eigenvalue weighted by Gasteiger charge is 2.51. The summed E-state index contributed by atoms with van der Waals surface area (Å²) in [5, 5.41) is 4.81. The SMILES string of the molecule is CC1(C)CC(=O)Cc2cc(Cn3c[n+]4ccnc(N5CC[C@]6(CC(=O)CC6=O)C5)c4n3)ccc21. The normalized spacial score (nSPS) is 23.9. The molecule has 6 rings (SSSR count). The topological polar surface area (TPSA) is 89.3 Å². The Bertz CT molecular complexity index is 1370. The molecule has 1 spiro atoms. The van der Waals surface area contributed by atoms with Crippen LogP contribution in [0, 0.1) is 5.41 Å². The van der Waals surface area contributed by atoms with Gasteiger partial charge in [0.1, 0.15) is 23.9 Å². The summed E-state index contributed by atoms with van der Waals surface area (Å²) < 4.78 is 3.83. The van der Waals surface area contributed by atoms with Gasteiger partial charge in [-0.05, 0) is 28.5 Å². The number of carbonyl (C=O) groups is 3. The van der Waals surface area contributed by atoms with Gasteiger partial charge >= 0.3 is 5.65 Å². The van der Waals surface area contributed by atoms with Crippen LogP contribution in [0.25, 0.3) is 5.65 Å². The molecule has 1 aliphatic heterocycles. The average Bonchev–Trinajstić information content (AvgIpc) is 3.43. The lowest BCUT2D eigenvalue weighted by atomic mass is 9.72. The molecule has 0 amide bonds. The van der Waals surface area contributed by atoms with Gasteiger partial charge in [0.2, 0.25) is 12.1 Å². The molecule has 174 valence electrons. The molecular weight excluding hydrogens is 430 g/mol. The van der Waals surface area contributed by atoms with Gasteiger partial charge in [-0.25, -0.2) is 4.98 Å². The van der Waals surface area contributed by atoms with Crippen LogP contribution in [-0.2, 0) is 32.8 Å². The van der Waals surface area contributed by atoms with E-state index in [2.05, 4.69) is 41.9 Å². The van der Waals surface area contributed by atoms with Gasteiger partial charge in [0.25, 0.3) is 0 Å². The summed E-state index contributed by atoms with van der Waals surface area (Å²) in [6.45, 7) is 6.05. The molecular formula is C26H28N5O3+. The molecule has 8 nitrogen and oxygen atoms in total. The Morgan fingerprint density at radius 1 is 1.09 bits per heavy atom. The molecule has 0 bridgehead atoms. The van der Waals surface area contributed by atoms with Crippen molar-refractivity contribution in [2.75, 3.05) is 18.0 Å². The van der Waals surface area contributed by atoms with Gasteiger partial charge in [0.15, 0.2) is 0 Å². The van der Waals surface area contributed by atoms with E-state index in [0.29, 0.717) is 45.3 Å². The zero-order chi connectivity index (χ0) is 23.7. The number of Topliss-reactive ketones (excluding diaryl/α,β-unsaturated/α-hetero) is 3. The summed E-state index contributed by atoms with van der Waals surface area (Å²) in [7, 11) is 0. The van der Waals surface area contributed by atoms with Crippen LogP contribution in [0.2, 0.25) is 0 Å². The van der Waals surface area contributed by atoms with E-state index in [1.54, 1.807) is 6.20 Å². The van der Waals surface area contributed by atoms with Gasteiger partial charge in [0, 0.05) is 32.4 Å². The van der Waals surface area contributed by atoms with E-state index < -0.39 is 5.41 Å². The summed E-state index contributed by atoms with van der Waals surface area (Å²) in [5.74, 6) is 1.14. The third-order valence-corrected chi connectivity index (χ3v) is 7.76. The molecule has 3 aromatic rings. The van der Waals surface area contributed by atoms with E-state index in [-0.39, 0.29) is 29.2 Å². The van der Waals surface area contributed by atoms with Crippen molar-refractivity contribution < 1.29 is 18.8 Å². The second kappa shape index (κ2) is 7.29. The third kappa shape index (κ3) is 3.35. The van der Waals surface area contributed by atoms with E-state index in [0.717, 1.165) is 22.6 Å². The molecule has 1 saturated carbocycles. The quantitative estimate of drug-likeness (QED) is 0.441. The van der Waals surface area contributed by atoms with Crippen LogP contribution in [-0.4, -0.2) is 45.2 Å². The largest absolute Gasteiger partial charge is 0.350 e. The lowest BCUT2D eigenvalue weighted by molar-refractivity contribution is -0.513. The van der Waals surface area contributed by atoms with Crippen molar-refractivity contribution in [3.05, 3.63) is 53.6 Å². The van der Waals surface area contributed by atoms with Gasteiger partial charge in [-0.1, -0.05) is 32.0 Å². The minimum absolute atomic E-state index is 0.0480. The summed E-state index contributed by atoms with van der Waals surface area (Å²) >= 11 is 0. The third-order valence-electron chi connectivity index (χ3n) is 7.76. The number of hydrogen-bond acceptors (Lipinski definition) is 6. The Kier molecular flexibility index (Phi) is 4.53. The van der Waals surface area contributed by atoms with Crippen LogP contribution < -0.4 is 9.30 Å². The van der Waals surface area contributed by atoms with Gasteiger partial charge in [-0.3, -0.25) is 14.4 Å². The van der Waals surface area contributed by atoms with Crippen LogP contribution in [0.5, 0.6) is 0 Å². The Hall–Kier alpha value is -3.42. The van der Waals surface area contributed by atoms with Crippen molar-refractivity contribution in [1.82, 2.24) is 14.8 Å². The molecule has 1 aromatic carbocycles. The van der Waals surface area contributed by atoms with E-state index in [1.807, 2.05) is 21.6 Å². The molecule has 0 unspecified atom stereocenters. The highest BCUT2D eigenvalue weighted by atomic mass is 16.2. The molecule has 3 heterocycles. The van der Waals surface area contributed by atoms with Crippen LogP contribution >= 0.6 is 0 Å². The van der Waals surface area contributed by atoms with Crippen molar-refractivity contribution in [2.24, 2.45) is 5.41 Å². The number of hydrogen-bond donors (Lipinski definition) is 0. The fourth-order valence-corrected chi connectivity index (χ4v) is 6.13. The summed E-state index contributed by atoms with van der Waals surface area (Å²) in [5.41, 5.74) is 3.52. The molecule has 8 heteroatoms. The second-order valence-electron chi connectivity index (χ2n) is 10.8. The summed E-state index contributed by atoms with van der Waals surface area (Å²) in [6, 6.07) is 6.42. The smallest absolute Gasteiger partial charge is 0.348 e. The average molecular weight is 459 g/mol. The van der Waals surface area contributed by atoms with Crippen LogP contribution in [0.1, 0.15) is 56.2 Å². The zero-order valence-corrected chi connectivity index (χ0v) is 19.6. The first-order valence-electron chi connectivity index (χ1n) is 11.9. The van der Waals surface area contributed by atoms with Crippen molar-refractivity contribution in [1.29, 1.82) is 0 Å². The number of aromatic nitrogens is 4. The number of fused-ring (bicyclic) bond motifs is 2. The summed E-state index contributed by atoms with van der Waals surface area (Å²) in [6.07, 6.45) is 7.73. The van der Waals surface area contributed by atoms with Crippen LogP contribution in [0.15, 0.2) is 36.9 Å². The molecule has 0 N–H and O–H groups in total. The van der Waals surface area contributed by atoms with Crippen molar-refractivity contribution in [3.8, 4) is 0 Å². The number of carbonyl (C=O) groups excluding carboxylic acids is 3. The molecule has 2 aromatic heterocycles. The fourth-order valence-electron chi connectivity index (χ4n) is 6.13. The van der Waals surface area contributed by atoms with E-state index in [1.165, 1.54) is 5.56 Å². The van der Waals surface area contributed by atoms with Gasteiger partial charge in [-0.2, -0.15) is 4.40 Å². The molecule has 2 fully saturated rings. The Balaban J connectivity index is 1.28. The maximum atomic E-state index is 12.5. The van der Waals surface area contributed by atoms with Crippen molar-refractivity contribution in [3.63, 3.8) is 0 Å². The standard InChI is InChI=1S/C26H28N5O3/c1-25(2)12-19(32)10-18-9-17(3-4-21(18)25)14-31-16-30-8-6-27-23(24(30)28-31)29-7-5-26(15-29)13-20(33)11-22(26)34/h3-4,6,8-9,16H,5,7,10-15H2,1-2H3/q+1/t26-/m0/s1. The maximum Gasteiger partial charge on any atom is 0.348 e. The van der Waals surface area contributed by atoms with Crippen LogP contribution in [0.4, 0.5) is 5.82 Å². The molecule has 0 radical (unpaired) electrons. The fraction of sp³-hybridized carbons (Fsp3) is 0.462. The minimum Gasteiger partial charge on any atom is -0.350 e. The number of ketones is 3. The lowest BCUT2D eigenvalue weighted by Crippen LogP contribution is -2.32. The molecule has 1 atom stereocenters. The first-order chi connectivity index (χ1) is 16.2. The monoisotopic (exact) mass is 458 g/mol. The highest BCUT2D eigenvalue weighted by Crippen LogP contribution is 2.42. The molecule has 3 aliphatic rings. The highest BCUT2D eigenvalue weighted by molar-refractivity contribution is 6.09. The number of rotatable bonds is 3. The Morgan fingerprint density at radius 2 is 1.91 bits per heavy atom. The predicted octanol–water partition coefficient (Wildman–Crippen LogP) is 1.99. The van der Waals surface area contributed by atoms with E-state index in [9.17, 15) is 14.4 Å². The number of anilines is 1. The molecule has 1 saturated heterocycles. The Labute approximate surface area is 197 Å². The Morgan fingerprint density at radius 3 is 2.71 bits per heavy atom. The molecule has 2 aliphatic carbocycles. The first kappa shape index (κ1) is 21.1. The van der Waals surface area contributed by atoms with Gasteiger partial charge in [0.05, 0.1) is 29.3 Å². The van der Waals surface area contributed by atoms with E-state index >= 15 is 0 Å². The minimum atomic E-state index is -0.553. The second-order valence-corrected chi connectivity index (χ2v) is 10.8. The zero-order valence-electron chi connectivity index (χ0n) is 19.6. The molecule has 34 heavy (non-hydrogen) atoms. The van der Waals surface area contributed by atoms with Crippen molar-refractivity contribution in [2.45, 2.75) is 57.9 Å². The number of benzene rings is 1. The first-order valence-corrected chi connectivity index (χ1v) is 11.9. The number of nitrogens with zero attached hydrogens (tertiary/aromatic N) is 5. The maximum absolute atomic E-state index is 12.5. The van der Waals surface area contributed by atoms with Gasteiger partial charge < -0.3 is 4.90 Å². The van der Waals surface area contributed by atoms with Gasteiger partial charge in [-0.15, -0.1) is 4.68 Å².